The number of aliphatic hydroxyl groups is 1. The van der Waals surface area contributed by atoms with Crippen LogP contribution in [0.5, 0.6) is 5.75 Å². The number of hydrogen-bond donors (Lipinski definition) is 3. The van der Waals surface area contributed by atoms with Crippen molar-refractivity contribution >= 4 is 11.6 Å². The van der Waals surface area contributed by atoms with E-state index in [0.717, 1.165) is 49.6 Å². The van der Waals surface area contributed by atoms with E-state index in [1.165, 1.54) is 0 Å². The maximum absolute atomic E-state index is 9.44. The van der Waals surface area contributed by atoms with Gasteiger partial charge in [0, 0.05) is 19.2 Å². The largest absolute Gasteiger partial charge is 0.508 e. The normalized spacial score (nSPS) is 17.4. The summed E-state index contributed by atoms with van der Waals surface area (Å²) < 4.78 is 0. The highest BCUT2D eigenvalue weighted by molar-refractivity contribution is 5.50. The van der Waals surface area contributed by atoms with Crippen LogP contribution in [0.15, 0.2) is 36.7 Å². The van der Waals surface area contributed by atoms with E-state index in [4.69, 9.17) is 0 Å². The molecular weight excluding hydrogens is 292 g/mol. The number of nitrogens with one attached hydrogen (secondary N) is 1. The molecular formula is C17H22N4O2. The summed E-state index contributed by atoms with van der Waals surface area (Å²) in [5.74, 6) is 1.94. The number of aromatic hydroxyl groups is 1. The van der Waals surface area contributed by atoms with Gasteiger partial charge in [-0.05, 0) is 37.0 Å². The Balaban J connectivity index is 1.58. The second kappa shape index (κ2) is 7.28. The zero-order valence-electron chi connectivity index (χ0n) is 13.0. The minimum atomic E-state index is 0.160. The van der Waals surface area contributed by atoms with Gasteiger partial charge >= 0.3 is 0 Å². The minimum Gasteiger partial charge on any atom is -0.508 e. The van der Waals surface area contributed by atoms with Gasteiger partial charge in [0.25, 0.3) is 0 Å². The van der Waals surface area contributed by atoms with Crippen molar-refractivity contribution in [2.24, 2.45) is 0 Å². The maximum Gasteiger partial charge on any atom is 0.134 e. The molecule has 6 nitrogen and oxygen atoms in total. The highest BCUT2D eigenvalue weighted by atomic mass is 16.3. The Labute approximate surface area is 135 Å². The van der Waals surface area contributed by atoms with Crippen LogP contribution in [0.25, 0.3) is 0 Å². The predicted octanol–water partition coefficient (Wildman–Crippen LogP) is 1.80. The highest BCUT2D eigenvalue weighted by Gasteiger charge is 2.25. The lowest BCUT2D eigenvalue weighted by molar-refractivity contribution is 0.266. The summed E-state index contributed by atoms with van der Waals surface area (Å²) in [6.45, 7) is 1.84. The molecule has 0 aliphatic carbocycles. The first-order valence-corrected chi connectivity index (χ1v) is 7.97. The topological polar surface area (TPSA) is 81.5 Å². The van der Waals surface area contributed by atoms with Crippen molar-refractivity contribution in [3.05, 3.63) is 42.2 Å². The number of anilines is 2. The van der Waals surface area contributed by atoms with Crippen molar-refractivity contribution in [2.75, 3.05) is 29.9 Å². The molecule has 6 heteroatoms. The van der Waals surface area contributed by atoms with Crippen molar-refractivity contribution in [1.82, 2.24) is 9.97 Å². The summed E-state index contributed by atoms with van der Waals surface area (Å²) in [6.07, 6.45) is 4.50. The summed E-state index contributed by atoms with van der Waals surface area (Å²) >= 11 is 0. The van der Waals surface area contributed by atoms with E-state index < -0.39 is 0 Å². The second-order valence-corrected chi connectivity index (χ2v) is 5.78. The van der Waals surface area contributed by atoms with Crippen molar-refractivity contribution in [3.8, 4) is 5.75 Å². The third-order valence-corrected chi connectivity index (χ3v) is 4.19. The lowest BCUT2D eigenvalue weighted by Crippen LogP contribution is -2.32. The van der Waals surface area contributed by atoms with Crippen LogP contribution in [0.3, 0.4) is 0 Å². The number of aromatic nitrogens is 2. The molecule has 3 rings (SSSR count). The first-order chi connectivity index (χ1) is 11.3. The number of benzene rings is 1. The summed E-state index contributed by atoms with van der Waals surface area (Å²) in [7, 11) is 0. The van der Waals surface area contributed by atoms with E-state index in [0.29, 0.717) is 0 Å². The van der Waals surface area contributed by atoms with E-state index in [1.54, 1.807) is 18.5 Å². The molecule has 23 heavy (non-hydrogen) atoms. The fourth-order valence-electron chi connectivity index (χ4n) is 2.93. The number of aliphatic hydroxyl groups excluding tert-OH is 1. The zero-order valence-corrected chi connectivity index (χ0v) is 13.0. The van der Waals surface area contributed by atoms with Gasteiger partial charge in [0.05, 0.1) is 12.6 Å². The lowest BCUT2D eigenvalue weighted by atomic mass is 10.1. The van der Waals surface area contributed by atoms with Crippen molar-refractivity contribution < 1.29 is 10.2 Å². The van der Waals surface area contributed by atoms with E-state index in [2.05, 4.69) is 20.2 Å². The van der Waals surface area contributed by atoms with Gasteiger partial charge in [0.2, 0.25) is 0 Å². The number of phenolic OH excluding ortho intramolecular Hbond substituents is 1. The van der Waals surface area contributed by atoms with Crippen LogP contribution in [0, 0.1) is 0 Å². The van der Waals surface area contributed by atoms with Gasteiger partial charge in [0.15, 0.2) is 0 Å². The molecule has 0 radical (unpaired) electrons. The molecule has 1 saturated heterocycles. The average Bonchev–Trinajstić information content (AvgIpc) is 3.06. The molecule has 1 atom stereocenters. The second-order valence-electron chi connectivity index (χ2n) is 5.78. The standard InChI is InChI=1S/C17H22N4O2/c22-11-14-2-1-9-21(14)17-10-16(19-12-20-17)18-8-7-13-3-5-15(23)6-4-13/h3-6,10,12,14,22-23H,1-2,7-9,11H2,(H,18,19,20). The molecule has 1 unspecified atom stereocenters. The molecule has 0 saturated carbocycles. The molecule has 122 valence electrons. The summed E-state index contributed by atoms with van der Waals surface area (Å²) in [5, 5.41) is 22.0. The molecule has 3 N–H and O–H groups in total. The first kappa shape index (κ1) is 15.6. The van der Waals surface area contributed by atoms with Crippen LogP contribution in [0.4, 0.5) is 11.6 Å². The quantitative estimate of drug-likeness (QED) is 0.754. The fourth-order valence-corrected chi connectivity index (χ4v) is 2.93. The monoisotopic (exact) mass is 314 g/mol. The molecule has 2 heterocycles. The fraction of sp³-hybridized carbons (Fsp3) is 0.412. The van der Waals surface area contributed by atoms with Gasteiger partial charge in [-0.1, -0.05) is 12.1 Å². The Hall–Kier alpha value is -2.34. The number of rotatable bonds is 6. The molecule has 0 amide bonds. The van der Waals surface area contributed by atoms with Crippen LogP contribution in [-0.4, -0.2) is 45.9 Å². The van der Waals surface area contributed by atoms with Gasteiger partial charge in [-0.25, -0.2) is 9.97 Å². The van der Waals surface area contributed by atoms with Crippen LogP contribution >= 0.6 is 0 Å². The maximum atomic E-state index is 9.44. The van der Waals surface area contributed by atoms with Crippen LogP contribution < -0.4 is 10.2 Å². The molecule has 1 aromatic carbocycles. The third kappa shape index (κ3) is 3.90. The molecule has 1 aliphatic rings. The first-order valence-electron chi connectivity index (χ1n) is 7.97. The Morgan fingerprint density at radius 2 is 2.04 bits per heavy atom. The van der Waals surface area contributed by atoms with E-state index in [1.807, 2.05) is 18.2 Å². The molecule has 1 fully saturated rings. The molecule has 1 aliphatic heterocycles. The minimum absolute atomic E-state index is 0.160. The average molecular weight is 314 g/mol. The Morgan fingerprint density at radius 1 is 1.22 bits per heavy atom. The molecule has 2 aromatic rings. The highest BCUT2D eigenvalue weighted by Crippen LogP contribution is 2.24. The van der Waals surface area contributed by atoms with E-state index >= 15 is 0 Å². The number of hydrogen-bond acceptors (Lipinski definition) is 6. The summed E-state index contributed by atoms with van der Waals surface area (Å²) in [5.41, 5.74) is 1.16. The van der Waals surface area contributed by atoms with E-state index in [-0.39, 0.29) is 18.4 Å². The van der Waals surface area contributed by atoms with Gasteiger partial charge in [-0.2, -0.15) is 0 Å². The van der Waals surface area contributed by atoms with E-state index in [9.17, 15) is 10.2 Å². The number of nitrogens with zero attached hydrogens (tertiary/aromatic N) is 3. The molecule has 0 bridgehead atoms. The van der Waals surface area contributed by atoms with Gasteiger partial charge in [-0.3, -0.25) is 0 Å². The Bertz CT molecular complexity index is 633. The van der Waals surface area contributed by atoms with Crippen molar-refractivity contribution in [2.45, 2.75) is 25.3 Å². The smallest absolute Gasteiger partial charge is 0.134 e. The molecule has 0 spiro atoms. The molecule has 1 aromatic heterocycles. The van der Waals surface area contributed by atoms with Crippen LogP contribution in [-0.2, 0) is 6.42 Å². The predicted molar refractivity (Wildman–Crippen MR) is 89.8 cm³/mol. The zero-order chi connectivity index (χ0) is 16.1. The van der Waals surface area contributed by atoms with Gasteiger partial charge in [-0.15, -0.1) is 0 Å². The Kier molecular flexibility index (Phi) is 4.92. The third-order valence-electron chi connectivity index (χ3n) is 4.19. The lowest BCUT2D eigenvalue weighted by Gasteiger charge is -2.24. The van der Waals surface area contributed by atoms with Gasteiger partial charge in [0.1, 0.15) is 23.7 Å². The summed E-state index contributed by atoms with van der Waals surface area (Å²) in [4.78, 5) is 10.7. The van der Waals surface area contributed by atoms with Crippen LogP contribution in [0.2, 0.25) is 0 Å². The van der Waals surface area contributed by atoms with Crippen LogP contribution in [0.1, 0.15) is 18.4 Å². The van der Waals surface area contributed by atoms with Gasteiger partial charge < -0.3 is 20.4 Å². The Morgan fingerprint density at radius 3 is 2.83 bits per heavy atom. The van der Waals surface area contributed by atoms with Crippen molar-refractivity contribution in [3.63, 3.8) is 0 Å². The number of phenols is 1. The SMILES string of the molecule is OCC1CCCN1c1cc(NCCc2ccc(O)cc2)ncn1. The van der Waals surface area contributed by atoms with Crippen molar-refractivity contribution in [1.29, 1.82) is 0 Å². The summed E-state index contributed by atoms with van der Waals surface area (Å²) in [6, 6.07) is 9.32.